The van der Waals surface area contributed by atoms with Gasteiger partial charge < -0.3 is 4.90 Å². The molecular weight excluding hydrogens is 376 g/mol. The number of sulfonamides is 1. The minimum atomic E-state index is -3.48. The van der Waals surface area contributed by atoms with E-state index in [-0.39, 0.29) is 5.91 Å². The fraction of sp³-hybridized carbons (Fsp3) is 0.615. The molecule has 1 aromatic rings. The lowest BCUT2D eigenvalue weighted by molar-refractivity contribution is -0.130. The molecule has 0 bridgehead atoms. The van der Waals surface area contributed by atoms with Gasteiger partial charge in [-0.15, -0.1) is 11.3 Å². The predicted molar refractivity (Wildman–Crippen MR) is 87.0 cm³/mol. The third-order valence-electron chi connectivity index (χ3n) is 3.57. The Hall–Kier alpha value is -0.440. The van der Waals surface area contributed by atoms with Crippen LogP contribution in [0.25, 0.3) is 0 Å². The largest absolute Gasteiger partial charge is 0.341 e. The molecule has 1 aliphatic heterocycles. The SMILES string of the molecule is CCC(=O)N1CCCN(S(=O)(=O)c2cc(Br)sc2C)CC1. The van der Waals surface area contributed by atoms with Gasteiger partial charge in [0.05, 0.1) is 8.68 Å². The Morgan fingerprint density at radius 2 is 2.05 bits per heavy atom. The second kappa shape index (κ2) is 6.76. The minimum absolute atomic E-state index is 0.0868. The topological polar surface area (TPSA) is 57.7 Å². The molecule has 1 fully saturated rings. The number of rotatable bonds is 3. The maximum atomic E-state index is 12.7. The number of carbonyl (C=O) groups excluding carboxylic acids is 1. The summed E-state index contributed by atoms with van der Waals surface area (Å²) in [5, 5.41) is 0. The molecule has 5 nitrogen and oxygen atoms in total. The van der Waals surface area contributed by atoms with Gasteiger partial charge >= 0.3 is 0 Å². The molecule has 0 aliphatic carbocycles. The first-order valence-electron chi connectivity index (χ1n) is 6.90. The van der Waals surface area contributed by atoms with E-state index >= 15 is 0 Å². The van der Waals surface area contributed by atoms with E-state index in [2.05, 4.69) is 15.9 Å². The van der Waals surface area contributed by atoms with Crippen molar-refractivity contribution in [2.24, 2.45) is 0 Å². The van der Waals surface area contributed by atoms with E-state index in [0.717, 1.165) is 8.66 Å². The molecule has 1 saturated heterocycles. The summed E-state index contributed by atoms with van der Waals surface area (Å²) >= 11 is 4.76. The van der Waals surface area contributed by atoms with Crippen molar-refractivity contribution in [3.63, 3.8) is 0 Å². The summed E-state index contributed by atoms with van der Waals surface area (Å²) in [6.07, 6.45) is 1.14. The van der Waals surface area contributed by atoms with Gasteiger partial charge in [0, 0.05) is 37.5 Å². The van der Waals surface area contributed by atoms with Crippen LogP contribution in [0.1, 0.15) is 24.6 Å². The lowest BCUT2D eigenvalue weighted by Gasteiger charge is -2.21. The summed E-state index contributed by atoms with van der Waals surface area (Å²) in [6, 6.07) is 1.66. The summed E-state index contributed by atoms with van der Waals surface area (Å²) in [4.78, 5) is 14.7. The molecule has 0 unspecified atom stereocenters. The molecule has 21 heavy (non-hydrogen) atoms. The van der Waals surface area contributed by atoms with Gasteiger partial charge in [0.25, 0.3) is 0 Å². The summed E-state index contributed by atoms with van der Waals surface area (Å²) in [5.74, 6) is 0.0868. The Bertz CT molecular complexity index is 627. The van der Waals surface area contributed by atoms with E-state index < -0.39 is 10.0 Å². The van der Waals surface area contributed by atoms with Gasteiger partial charge in [0.2, 0.25) is 15.9 Å². The predicted octanol–water partition coefficient (Wildman–Crippen LogP) is 2.45. The van der Waals surface area contributed by atoms with Crippen LogP contribution in [0.15, 0.2) is 14.7 Å². The molecule has 8 heteroatoms. The van der Waals surface area contributed by atoms with Gasteiger partial charge in [-0.3, -0.25) is 4.79 Å². The lowest BCUT2D eigenvalue weighted by Crippen LogP contribution is -2.37. The van der Waals surface area contributed by atoms with Gasteiger partial charge in [-0.05, 0) is 35.3 Å². The molecule has 1 aliphatic rings. The Morgan fingerprint density at radius 3 is 2.62 bits per heavy atom. The number of nitrogens with zero attached hydrogens (tertiary/aromatic N) is 2. The zero-order valence-corrected chi connectivity index (χ0v) is 15.4. The third-order valence-corrected chi connectivity index (χ3v) is 7.28. The third kappa shape index (κ3) is 3.67. The molecule has 0 N–H and O–H groups in total. The molecule has 1 aromatic heterocycles. The maximum absolute atomic E-state index is 12.7. The van der Waals surface area contributed by atoms with Gasteiger partial charge in [0.15, 0.2) is 0 Å². The van der Waals surface area contributed by atoms with Crippen LogP contribution < -0.4 is 0 Å². The van der Waals surface area contributed by atoms with E-state index in [0.29, 0.717) is 43.9 Å². The van der Waals surface area contributed by atoms with Crippen LogP contribution in [0, 0.1) is 6.92 Å². The van der Waals surface area contributed by atoms with Crippen LogP contribution in [0.4, 0.5) is 0 Å². The molecule has 0 saturated carbocycles. The van der Waals surface area contributed by atoms with Crippen molar-refractivity contribution in [1.82, 2.24) is 9.21 Å². The van der Waals surface area contributed by atoms with E-state index in [1.54, 1.807) is 11.0 Å². The van der Waals surface area contributed by atoms with Crippen LogP contribution >= 0.6 is 27.3 Å². The highest BCUT2D eigenvalue weighted by Crippen LogP contribution is 2.31. The van der Waals surface area contributed by atoms with E-state index in [9.17, 15) is 13.2 Å². The summed E-state index contributed by atoms with van der Waals surface area (Å²) < 4.78 is 27.8. The molecule has 0 radical (unpaired) electrons. The summed E-state index contributed by atoms with van der Waals surface area (Å²) in [6.45, 7) is 5.56. The van der Waals surface area contributed by atoms with Gasteiger partial charge in [-0.2, -0.15) is 4.31 Å². The molecule has 118 valence electrons. The fourth-order valence-electron chi connectivity index (χ4n) is 2.43. The Balaban J connectivity index is 2.18. The molecule has 0 atom stereocenters. The molecule has 2 heterocycles. The number of hydrogen-bond donors (Lipinski definition) is 0. The summed E-state index contributed by atoms with van der Waals surface area (Å²) in [5.41, 5.74) is 0. The zero-order chi connectivity index (χ0) is 15.6. The average Bonchev–Trinajstić information content (AvgIpc) is 2.67. The Labute approximate surface area is 138 Å². The van der Waals surface area contributed by atoms with E-state index in [4.69, 9.17) is 0 Å². The van der Waals surface area contributed by atoms with Crippen LogP contribution in [0.5, 0.6) is 0 Å². The Morgan fingerprint density at radius 1 is 1.33 bits per heavy atom. The average molecular weight is 395 g/mol. The highest BCUT2D eigenvalue weighted by Gasteiger charge is 2.30. The first-order chi connectivity index (χ1) is 9.86. The number of amides is 1. The highest BCUT2D eigenvalue weighted by atomic mass is 79.9. The van der Waals surface area contributed by atoms with Crippen molar-refractivity contribution in [1.29, 1.82) is 0 Å². The van der Waals surface area contributed by atoms with E-state index in [1.165, 1.54) is 15.6 Å². The summed E-state index contributed by atoms with van der Waals surface area (Å²) in [7, 11) is -3.48. The van der Waals surface area contributed by atoms with Crippen molar-refractivity contribution in [3.05, 3.63) is 14.7 Å². The number of halogens is 1. The molecule has 1 amide bonds. The van der Waals surface area contributed by atoms with Gasteiger partial charge in [0.1, 0.15) is 0 Å². The number of aryl methyl sites for hydroxylation is 1. The van der Waals surface area contributed by atoms with Crippen molar-refractivity contribution in [2.75, 3.05) is 26.2 Å². The number of hydrogen-bond acceptors (Lipinski definition) is 4. The number of carbonyl (C=O) groups is 1. The van der Waals surface area contributed by atoms with Crippen LogP contribution in [0.3, 0.4) is 0 Å². The zero-order valence-electron chi connectivity index (χ0n) is 12.1. The second-order valence-electron chi connectivity index (χ2n) is 4.96. The van der Waals surface area contributed by atoms with Crippen molar-refractivity contribution >= 4 is 43.2 Å². The number of thiophene rings is 1. The minimum Gasteiger partial charge on any atom is -0.341 e. The quantitative estimate of drug-likeness (QED) is 0.790. The fourth-order valence-corrected chi connectivity index (χ4v) is 6.29. The first kappa shape index (κ1) is 16.9. The normalized spacial score (nSPS) is 17.8. The molecular formula is C13H19BrN2O3S2. The molecule has 0 spiro atoms. The van der Waals surface area contributed by atoms with Crippen LogP contribution in [0.2, 0.25) is 0 Å². The van der Waals surface area contributed by atoms with Crippen LogP contribution in [-0.4, -0.2) is 49.7 Å². The highest BCUT2D eigenvalue weighted by molar-refractivity contribution is 9.11. The maximum Gasteiger partial charge on any atom is 0.244 e. The van der Waals surface area contributed by atoms with Crippen LogP contribution in [-0.2, 0) is 14.8 Å². The first-order valence-corrected chi connectivity index (χ1v) is 9.95. The molecule has 0 aromatic carbocycles. The van der Waals surface area contributed by atoms with Gasteiger partial charge in [-0.1, -0.05) is 6.92 Å². The van der Waals surface area contributed by atoms with Crippen molar-refractivity contribution in [3.8, 4) is 0 Å². The Kier molecular flexibility index (Phi) is 5.45. The van der Waals surface area contributed by atoms with Crippen molar-refractivity contribution < 1.29 is 13.2 Å². The van der Waals surface area contributed by atoms with E-state index in [1.807, 2.05) is 13.8 Å². The second-order valence-corrected chi connectivity index (χ2v) is 9.50. The standard InChI is InChI=1S/C13H19BrN2O3S2/c1-3-13(17)15-5-4-6-16(8-7-15)21(18,19)11-9-12(14)20-10(11)2/h9H,3-8H2,1-2H3. The monoisotopic (exact) mass is 394 g/mol. The molecule has 2 rings (SSSR count). The smallest absolute Gasteiger partial charge is 0.244 e. The van der Waals surface area contributed by atoms with Gasteiger partial charge in [-0.25, -0.2) is 8.42 Å². The van der Waals surface area contributed by atoms with Crippen molar-refractivity contribution in [2.45, 2.75) is 31.6 Å². The lowest BCUT2D eigenvalue weighted by atomic mass is 10.3.